The van der Waals surface area contributed by atoms with Crippen LogP contribution in [0.3, 0.4) is 0 Å². The Morgan fingerprint density at radius 1 is 1.16 bits per heavy atom. The standard InChI is InChI=1S/C13H10N4O2/c14-12-9-2-1-5-15-13(9)17(16-12)8-3-4-10-11(6-8)19-7-18-10/h1-6H,7H2,(H2,14,16). The molecule has 94 valence electrons. The van der Waals surface area contributed by atoms with Crippen LogP contribution in [-0.2, 0) is 0 Å². The van der Waals surface area contributed by atoms with E-state index in [1.807, 2.05) is 30.3 Å². The SMILES string of the molecule is Nc1nn(-c2ccc3c(c2)OCO3)c2ncccc12. The molecule has 0 saturated heterocycles. The number of rotatable bonds is 1. The summed E-state index contributed by atoms with van der Waals surface area (Å²) in [5, 5.41) is 5.15. The summed E-state index contributed by atoms with van der Waals surface area (Å²) in [5.74, 6) is 1.90. The van der Waals surface area contributed by atoms with Crippen LogP contribution in [0.2, 0.25) is 0 Å². The highest BCUT2D eigenvalue weighted by atomic mass is 16.7. The molecule has 0 fully saturated rings. The van der Waals surface area contributed by atoms with Crippen molar-refractivity contribution < 1.29 is 9.47 Å². The van der Waals surface area contributed by atoms with Crippen molar-refractivity contribution in [3.63, 3.8) is 0 Å². The van der Waals surface area contributed by atoms with Gasteiger partial charge >= 0.3 is 0 Å². The van der Waals surface area contributed by atoms with Crippen molar-refractivity contribution in [3.05, 3.63) is 36.5 Å². The third-order valence-electron chi connectivity index (χ3n) is 3.07. The van der Waals surface area contributed by atoms with E-state index in [9.17, 15) is 0 Å². The van der Waals surface area contributed by atoms with Gasteiger partial charge in [0.05, 0.1) is 11.1 Å². The minimum atomic E-state index is 0.249. The van der Waals surface area contributed by atoms with E-state index in [-0.39, 0.29) is 6.79 Å². The normalized spacial score (nSPS) is 13.1. The minimum Gasteiger partial charge on any atom is -0.454 e. The predicted molar refractivity (Wildman–Crippen MR) is 69.4 cm³/mol. The van der Waals surface area contributed by atoms with Gasteiger partial charge in [0, 0.05) is 12.3 Å². The van der Waals surface area contributed by atoms with E-state index < -0.39 is 0 Å². The molecule has 0 saturated carbocycles. The molecular weight excluding hydrogens is 244 g/mol. The van der Waals surface area contributed by atoms with Crippen molar-refractivity contribution in [2.45, 2.75) is 0 Å². The largest absolute Gasteiger partial charge is 0.454 e. The minimum absolute atomic E-state index is 0.249. The Bertz CT molecular complexity index is 781. The van der Waals surface area contributed by atoms with Crippen molar-refractivity contribution in [1.82, 2.24) is 14.8 Å². The maximum Gasteiger partial charge on any atom is 0.231 e. The molecule has 2 aromatic heterocycles. The van der Waals surface area contributed by atoms with Gasteiger partial charge in [-0.2, -0.15) is 0 Å². The van der Waals surface area contributed by atoms with Gasteiger partial charge in [-0.3, -0.25) is 0 Å². The molecule has 1 aliphatic heterocycles. The summed E-state index contributed by atoms with van der Waals surface area (Å²) in [6.07, 6.45) is 1.72. The van der Waals surface area contributed by atoms with E-state index in [1.165, 1.54) is 0 Å². The van der Waals surface area contributed by atoms with Crippen LogP contribution in [0.4, 0.5) is 5.82 Å². The van der Waals surface area contributed by atoms with E-state index in [0.29, 0.717) is 11.6 Å². The molecule has 0 unspecified atom stereocenters. The third-order valence-corrected chi connectivity index (χ3v) is 3.07. The molecule has 6 heteroatoms. The van der Waals surface area contributed by atoms with Gasteiger partial charge in [-0.25, -0.2) is 9.67 Å². The van der Waals surface area contributed by atoms with Crippen LogP contribution in [0.1, 0.15) is 0 Å². The third kappa shape index (κ3) is 1.43. The molecule has 0 radical (unpaired) electrons. The zero-order valence-electron chi connectivity index (χ0n) is 9.91. The van der Waals surface area contributed by atoms with E-state index in [1.54, 1.807) is 10.9 Å². The first-order valence-corrected chi connectivity index (χ1v) is 5.82. The Morgan fingerprint density at radius 2 is 2.05 bits per heavy atom. The molecule has 4 rings (SSSR count). The van der Waals surface area contributed by atoms with Crippen LogP contribution in [-0.4, -0.2) is 21.6 Å². The Labute approximate surface area is 108 Å². The molecule has 0 atom stereocenters. The van der Waals surface area contributed by atoms with E-state index in [4.69, 9.17) is 15.2 Å². The highest BCUT2D eigenvalue weighted by Gasteiger charge is 2.16. The van der Waals surface area contributed by atoms with Gasteiger partial charge < -0.3 is 15.2 Å². The zero-order valence-corrected chi connectivity index (χ0v) is 9.91. The van der Waals surface area contributed by atoms with Crippen LogP contribution in [0.15, 0.2) is 36.5 Å². The average molecular weight is 254 g/mol. The molecule has 0 spiro atoms. The number of hydrogen-bond donors (Lipinski definition) is 1. The second-order valence-corrected chi connectivity index (χ2v) is 4.21. The Balaban J connectivity index is 1.95. The molecule has 2 N–H and O–H groups in total. The van der Waals surface area contributed by atoms with E-state index >= 15 is 0 Å². The second kappa shape index (κ2) is 3.61. The fourth-order valence-electron chi connectivity index (χ4n) is 2.17. The molecule has 19 heavy (non-hydrogen) atoms. The maximum atomic E-state index is 5.90. The van der Waals surface area contributed by atoms with Gasteiger partial charge in [0.15, 0.2) is 23.0 Å². The number of nitrogen functional groups attached to an aromatic ring is 1. The highest BCUT2D eigenvalue weighted by molar-refractivity contribution is 5.87. The van der Waals surface area contributed by atoms with E-state index in [0.717, 1.165) is 22.5 Å². The quantitative estimate of drug-likeness (QED) is 0.715. The smallest absolute Gasteiger partial charge is 0.231 e. The molecule has 0 aliphatic carbocycles. The first kappa shape index (κ1) is 10.2. The number of pyridine rings is 1. The first-order valence-electron chi connectivity index (χ1n) is 5.82. The number of fused-ring (bicyclic) bond motifs is 2. The fraction of sp³-hybridized carbons (Fsp3) is 0.0769. The number of nitrogens with zero attached hydrogens (tertiary/aromatic N) is 3. The number of benzene rings is 1. The molecular formula is C13H10N4O2. The van der Waals surface area contributed by atoms with Gasteiger partial charge in [-0.05, 0) is 24.3 Å². The zero-order chi connectivity index (χ0) is 12.8. The van der Waals surface area contributed by atoms with Crippen LogP contribution in [0.5, 0.6) is 11.5 Å². The lowest BCUT2D eigenvalue weighted by atomic mass is 10.3. The summed E-state index contributed by atoms with van der Waals surface area (Å²) in [6.45, 7) is 0.249. The lowest BCUT2D eigenvalue weighted by Crippen LogP contribution is -1.98. The number of aromatic nitrogens is 3. The summed E-state index contributed by atoms with van der Waals surface area (Å²) in [4.78, 5) is 4.32. The summed E-state index contributed by atoms with van der Waals surface area (Å²) >= 11 is 0. The molecule has 3 heterocycles. The van der Waals surface area contributed by atoms with Crippen LogP contribution < -0.4 is 15.2 Å². The van der Waals surface area contributed by atoms with Crippen molar-refractivity contribution >= 4 is 16.9 Å². The van der Waals surface area contributed by atoms with Crippen molar-refractivity contribution in [2.24, 2.45) is 0 Å². The van der Waals surface area contributed by atoms with Crippen LogP contribution in [0, 0.1) is 0 Å². The molecule has 6 nitrogen and oxygen atoms in total. The molecule has 3 aromatic rings. The van der Waals surface area contributed by atoms with Gasteiger partial charge in [0.2, 0.25) is 6.79 Å². The van der Waals surface area contributed by atoms with Crippen molar-refractivity contribution in [1.29, 1.82) is 0 Å². The van der Waals surface area contributed by atoms with Gasteiger partial charge in [0.1, 0.15) is 0 Å². The molecule has 1 aliphatic rings. The summed E-state index contributed by atoms with van der Waals surface area (Å²) < 4.78 is 12.4. The predicted octanol–water partition coefficient (Wildman–Crippen LogP) is 1.73. The number of anilines is 1. The Hall–Kier alpha value is -2.76. The number of nitrogens with two attached hydrogens (primary N) is 1. The van der Waals surface area contributed by atoms with Crippen LogP contribution >= 0.6 is 0 Å². The first-order chi connectivity index (χ1) is 9.33. The second-order valence-electron chi connectivity index (χ2n) is 4.21. The number of ether oxygens (including phenoxy) is 2. The molecule has 1 aromatic carbocycles. The van der Waals surface area contributed by atoms with Crippen molar-refractivity contribution in [3.8, 4) is 17.2 Å². The molecule has 0 amide bonds. The molecule has 0 bridgehead atoms. The highest BCUT2D eigenvalue weighted by Crippen LogP contribution is 2.34. The maximum absolute atomic E-state index is 5.90. The topological polar surface area (TPSA) is 75.2 Å². The van der Waals surface area contributed by atoms with Crippen LogP contribution in [0.25, 0.3) is 16.7 Å². The van der Waals surface area contributed by atoms with Crippen molar-refractivity contribution in [2.75, 3.05) is 12.5 Å². The van der Waals surface area contributed by atoms with E-state index in [2.05, 4.69) is 10.1 Å². The summed E-state index contributed by atoms with van der Waals surface area (Å²) in [7, 11) is 0. The van der Waals surface area contributed by atoms with Gasteiger partial charge in [-0.15, -0.1) is 5.10 Å². The Morgan fingerprint density at radius 3 is 3.00 bits per heavy atom. The monoisotopic (exact) mass is 254 g/mol. The summed E-state index contributed by atoms with van der Waals surface area (Å²) in [6, 6.07) is 9.35. The lowest BCUT2D eigenvalue weighted by molar-refractivity contribution is 0.174. The Kier molecular flexibility index (Phi) is 1.94. The fourth-order valence-corrected chi connectivity index (χ4v) is 2.17. The number of hydrogen-bond acceptors (Lipinski definition) is 5. The summed E-state index contributed by atoms with van der Waals surface area (Å²) in [5.41, 5.74) is 7.46. The average Bonchev–Trinajstić information content (AvgIpc) is 3.03. The van der Waals surface area contributed by atoms with Gasteiger partial charge in [-0.1, -0.05) is 0 Å². The lowest BCUT2D eigenvalue weighted by Gasteiger charge is -2.03. The van der Waals surface area contributed by atoms with Gasteiger partial charge in [0.25, 0.3) is 0 Å².